The molecule has 3 heterocycles. The summed E-state index contributed by atoms with van der Waals surface area (Å²) in [5.41, 5.74) is 0.292. The van der Waals surface area contributed by atoms with E-state index in [4.69, 9.17) is 0 Å². The Balaban J connectivity index is 1.71. The minimum Gasteiger partial charge on any atom is -0.465 e. The molecule has 1 fully saturated rings. The van der Waals surface area contributed by atoms with Crippen molar-refractivity contribution >= 4 is 48.9 Å². The summed E-state index contributed by atoms with van der Waals surface area (Å²) in [7, 11) is -2.24. The van der Waals surface area contributed by atoms with E-state index in [9.17, 15) is 18.3 Å². The van der Waals surface area contributed by atoms with Crippen molar-refractivity contribution in [2.24, 2.45) is 0 Å². The van der Waals surface area contributed by atoms with E-state index in [1.165, 1.54) is 17.4 Å². The lowest BCUT2D eigenvalue weighted by Crippen LogP contribution is -2.45. The van der Waals surface area contributed by atoms with E-state index in [1.54, 1.807) is 37.4 Å². The standard InChI is InChI=1S/C19H20BrN5O4S/c1-23(19(26)27)13-7-9-24(10-8-13)17-16-15(20)11-25(18(16)22-12-21-17)30(28,29)14-5-3-2-4-6-14/h2-6,11-13H,7-10H2,1H3,(H,26,27). The molecular weight excluding hydrogens is 474 g/mol. The van der Waals surface area contributed by atoms with Crippen LogP contribution in [0.2, 0.25) is 0 Å². The Morgan fingerprint density at radius 1 is 1.20 bits per heavy atom. The summed E-state index contributed by atoms with van der Waals surface area (Å²) in [4.78, 5) is 23.4. The second-order valence-corrected chi connectivity index (χ2v) is 9.77. The third-order valence-electron chi connectivity index (χ3n) is 5.40. The summed E-state index contributed by atoms with van der Waals surface area (Å²) in [5, 5.41) is 9.81. The molecule has 0 saturated carbocycles. The highest BCUT2D eigenvalue weighted by molar-refractivity contribution is 9.10. The molecular formula is C19H20BrN5O4S. The fourth-order valence-corrected chi connectivity index (χ4v) is 5.76. The van der Waals surface area contributed by atoms with Gasteiger partial charge in [-0.2, -0.15) is 0 Å². The molecule has 1 aliphatic rings. The highest BCUT2D eigenvalue weighted by Gasteiger charge is 2.29. The number of anilines is 1. The highest BCUT2D eigenvalue weighted by Crippen LogP contribution is 2.35. The number of piperidine rings is 1. The van der Waals surface area contributed by atoms with Crippen LogP contribution in [-0.2, 0) is 10.0 Å². The summed E-state index contributed by atoms with van der Waals surface area (Å²) >= 11 is 3.48. The van der Waals surface area contributed by atoms with Gasteiger partial charge in [0.05, 0.1) is 10.3 Å². The average Bonchev–Trinajstić information content (AvgIpc) is 3.11. The number of hydrogen-bond donors (Lipinski definition) is 1. The fraction of sp³-hybridized carbons (Fsp3) is 0.316. The molecule has 4 rings (SSSR count). The molecule has 1 aromatic carbocycles. The average molecular weight is 494 g/mol. The molecule has 158 valence electrons. The van der Waals surface area contributed by atoms with Crippen LogP contribution < -0.4 is 4.90 Å². The molecule has 0 bridgehead atoms. The van der Waals surface area contributed by atoms with Crippen molar-refractivity contribution in [2.75, 3.05) is 25.0 Å². The number of fused-ring (bicyclic) bond motifs is 1. The SMILES string of the molecule is CN(C(=O)O)C1CCN(c2ncnc3c2c(Br)cn3S(=O)(=O)c2ccccc2)CC1. The van der Waals surface area contributed by atoms with Crippen molar-refractivity contribution in [2.45, 2.75) is 23.8 Å². The van der Waals surface area contributed by atoms with Crippen molar-refractivity contribution in [3.63, 3.8) is 0 Å². The first kappa shape index (κ1) is 20.6. The van der Waals surface area contributed by atoms with Gasteiger partial charge in [-0.25, -0.2) is 27.2 Å². The quantitative estimate of drug-likeness (QED) is 0.594. The second kappa shape index (κ2) is 7.88. The monoisotopic (exact) mass is 493 g/mol. The van der Waals surface area contributed by atoms with Crippen LogP contribution >= 0.6 is 15.9 Å². The van der Waals surface area contributed by atoms with E-state index < -0.39 is 16.1 Å². The number of carboxylic acid groups (broad SMARTS) is 1. The smallest absolute Gasteiger partial charge is 0.407 e. The first-order valence-corrected chi connectivity index (χ1v) is 11.6. The molecule has 0 unspecified atom stereocenters. The van der Waals surface area contributed by atoms with Gasteiger partial charge in [0.2, 0.25) is 0 Å². The van der Waals surface area contributed by atoms with Gasteiger partial charge in [0.25, 0.3) is 10.0 Å². The Morgan fingerprint density at radius 3 is 2.50 bits per heavy atom. The number of nitrogens with zero attached hydrogens (tertiary/aromatic N) is 5. The Kier molecular flexibility index (Phi) is 5.41. The summed E-state index contributed by atoms with van der Waals surface area (Å²) in [6.07, 6.45) is 3.24. The van der Waals surface area contributed by atoms with Gasteiger partial charge < -0.3 is 14.9 Å². The van der Waals surface area contributed by atoms with E-state index in [-0.39, 0.29) is 10.9 Å². The number of rotatable bonds is 4. The Labute approximate surface area is 182 Å². The topological polar surface area (TPSA) is 109 Å². The van der Waals surface area contributed by atoms with Crippen molar-refractivity contribution in [3.05, 3.63) is 47.3 Å². The first-order chi connectivity index (χ1) is 14.3. The van der Waals surface area contributed by atoms with E-state index in [0.29, 0.717) is 47.3 Å². The zero-order valence-corrected chi connectivity index (χ0v) is 18.5. The maximum Gasteiger partial charge on any atom is 0.407 e. The van der Waals surface area contributed by atoms with Crippen LogP contribution in [0.4, 0.5) is 10.6 Å². The predicted molar refractivity (Wildman–Crippen MR) is 115 cm³/mol. The Bertz CT molecular complexity index is 1190. The number of aromatic nitrogens is 3. The minimum atomic E-state index is -3.82. The maximum absolute atomic E-state index is 13.1. The molecule has 1 aliphatic heterocycles. The van der Waals surface area contributed by atoms with Crippen LogP contribution in [0.5, 0.6) is 0 Å². The zero-order valence-electron chi connectivity index (χ0n) is 16.1. The second-order valence-electron chi connectivity index (χ2n) is 7.10. The highest BCUT2D eigenvalue weighted by atomic mass is 79.9. The fourth-order valence-electron chi connectivity index (χ4n) is 3.73. The zero-order chi connectivity index (χ0) is 21.5. The lowest BCUT2D eigenvalue weighted by Gasteiger charge is -2.36. The van der Waals surface area contributed by atoms with Gasteiger partial charge in [0.1, 0.15) is 12.1 Å². The van der Waals surface area contributed by atoms with Gasteiger partial charge >= 0.3 is 6.09 Å². The molecule has 3 aromatic rings. The number of halogens is 1. The molecule has 1 N–H and O–H groups in total. The van der Waals surface area contributed by atoms with Crippen LogP contribution in [0.1, 0.15) is 12.8 Å². The lowest BCUT2D eigenvalue weighted by molar-refractivity contribution is 0.131. The van der Waals surface area contributed by atoms with Crippen molar-refractivity contribution in [1.82, 2.24) is 18.8 Å². The third-order valence-corrected chi connectivity index (χ3v) is 7.66. The van der Waals surface area contributed by atoms with E-state index in [1.807, 2.05) is 4.90 Å². The number of benzene rings is 1. The lowest BCUT2D eigenvalue weighted by atomic mass is 10.0. The summed E-state index contributed by atoms with van der Waals surface area (Å²) in [6.45, 7) is 1.22. The number of carbonyl (C=O) groups is 1. The first-order valence-electron chi connectivity index (χ1n) is 9.33. The molecule has 1 amide bonds. The van der Waals surface area contributed by atoms with Crippen LogP contribution in [0.15, 0.2) is 52.2 Å². The molecule has 9 nitrogen and oxygen atoms in total. The van der Waals surface area contributed by atoms with E-state index in [0.717, 1.165) is 3.97 Å². The van der Waals surface area contributed by atoms with Crippen molar-refractivity contribution < 1.29 is 18.3 Å². The molecule has 0 atom stereocenters. The van der Waals surface area contributed by atoms with Gasteiger partial charge in [-0.1, -0.05) is 18.2 Å². The van der Waals surface area contributed by atoms with Gasteiger partial charge in [0, 0.05) is 36.8 Å². The van der Waals surface area contributed by atoms with E-state index >= 15 is 0 Å². The van der Waals surface area contributed by atoms with Gasteiger partial charge in [-0.3, -0.25) is 0 Å². The van der Waals surface area contributed by atoms with Gasteiger partial charge in [0.15, 0.2) is 5.65 Å². The summed E-state index contributed by atoms with van der Waals surface area (Å²) < 4.78 is 28.0. The van der Waals surface area contributed by atoms with Crippen molar-refractivity contribution in [3.8, 4) is 0 Å². The van der Waals surface area contributed by atoms with E-state index in [2.05, 4.69) is 25.9 Å². The Hall–Kier alpha value is -2.66. The van der Waals surface area contributed by atoms with Crippen LogP contribution in [0.25, 0.3) is 11.0 Å². The molecule has 1 saturated heterocycles. The van der Waals surface area contributed by atoms with Crippen molar-refractivity contribution in [1.29, 1.82) is 0 Å². The number of hydrogen-bond acceptors (Lipinski definition) is 6. The molecule has 30 heavy (non-hydrogen) atoms. The molecule has 2 aromatic heterocycles. The number of amides is 1. The largest absolute Gasteiger partial charge is 0.465 e. The minimum absolute atomic E-state index is 0.0532. The maximum atomic E-state index is 13.1. The third kappa shape index (κ3) is 3.52. The Morgan fingerprint density at radius 2 is 1.87 bits per heavy atom. The van der Waals surface area contributed by atoms with Gasteiger partial charge in [-0.15, -0.1) is 0 Å². The van der Waals surface area contributed by atoms with Crippen LogP contribution in [-0.4, -0.2) is 64.6 Å². The summed E-state index contributed by atoms with van der Waals surface area (Å²) in [6, 6.07) is 8.14. The molecule has 11 heteroatoms. The molecule has 0 spiro atoms. The molecule has 0 radical (unpaired) electrons. The van der Waals surface area contributed by atoms with Gasteiger partial charge in [-0.05, 0) is 40.9 Å². The predicted octanol–water partition coefficient (Wildman–Crippen LogP) is 3.01. The molecule has 0 aliphatic carbocycles. The van der Waals surface area contributed by atoms with Crippen LogP contribution in [0, 0.1) is 0 Å². The normalized spacial score (nSPS) is 15.5. The van der Waals surface area contributed by atoms with Crippen LogP contribution in [0.3, 0.4) is 0 Å². The summed E-state index contributed by atoms with van der Waals surface area (Å²) in [5.74, 6) is 0.630.